The van der Waals surface area contributed by atoms with Crippen molar-refractivity contribution in [3.8, 4) is 0 Å². The largest absolute Gasteiger partial charge is 0.340 e. The van der Waals surface area contributed by atoms with E-state index in [0.717, 1.165) is 38.2 Å². The van der Waals surface area contributed by atoms with Crippen LogP contribution in [0, 0.1) is 0 Å². The molecule has 0 aliphatic carbocycles. The van der Waals surface area contributed by atoms with Gasteiger partial charge in [0.05, 0.1) is 16.8 Å². The van der Waals surface area contributed by atoms with E-state index in [0.29, 0.717) is 6.42 Å². The molecule has 0 N–H and O–H groups in total. The van der Waals surface area contributed by atoms with Crippen LogP contribution < -0.4 is 0 Å². The molecule has 4 nitrogen and oxygen atoms in total. The van der Waals surface area contributed by atoms with Gasteiger partial charge in [0.1, 0.15) is 5.01 Å². The minimum atomic E-state index is 0.268. The number of thiazole rings is 1. The maximum absolute atomic E-state index is 11.6. The molecule has 1 aromatic heterocycles. The summed E-state index contributed by atoms with van der Waals surface area (Å²) in [7, 11) is 0. The summed E-state index contributed by atoms with van der Waals surface area (Å²) in [6, 6.07) is 8.27. The fourth-order valence-corrected chi connectivity index (χ4v) is 3.57. The second-order valence-electron chi connectivity index (χ2n) is 5.09. The number of hydrogen-bond donors (Lipinski definition) is 0. The number of piperazine rings is 1. The standard InChI is InChI=1S/C15H19N3OS/c1-2-15(19)18-9-7-17(8-10-18)11-14-16-12-5-3-4-6-13(12)20-14/h3-6H,2,7-11H2,1H3. The molecule has 1 aromatic carbocycles. The van der Waals surface area contributed by atoms with Gasteiger partial charge in [0, 0.05) is 32.6 Å². The van der Waals surface area contributed by atoms with Gasteiger partial charge in [0.2, 0.25) is 5.91 Å². The summed E-state index contributed by atoms with van der Waals surface area (Å²) in [5.74, 6) is 0.268. The van der Waals surface area contributed by atoms with Crippen LogP contribution in [0.25, 0.3) is 10.2 Å². The molecule has 106 valence electrons. The van der Waals surface area contributed by atoms with E-state index in [2.05, 4.69) is 28.1 Å². The molecule has 3 rings (SSSR count). The first kappa shape index (κ1) is 13.5. The minimum absolute atomic E-state index is 0.268. The van der Waals surface area contributed by atoms with Gasteiger partial charge in [0.15, 0.2) is 0 Å². The molecule has 1 amide bonds. The second kappa shape index (κ2) is 5.89. The molecular weight excluding hydrogens is 270 g/mol. The summed E-state index contributed by atoms with van der Waals surface area (Å²) in [5.41, 5.74) is 1.09. The number of benzene rings is 1. The van der Waals surface area contributed by atoms with E-state index in [9.17, 15) is 4.79 Å². The quantitative estimate of drug-likeness (QED) is 0.870. The fraction of sp³-hybridized carbons (Fsp3) is 0.467. The Labute approximate surface area is 123 Å². The zero-order valence-corrected chi connectivity index (χ0v) is 12.5. The zero-order valence-electron chi connectivity index (χ0n) is 11.7. The highest BCUT2D eigenvalue weighted by atomic mass is 32.1. The number of amides is 1. The molecular formula is C15H19N3OS. The van der Waals surface area contributed by atoms with Gasteiger partial charge >= 0.3 is 0 Å². The Morgan fingerprint density at radius 1 is 1.25 bits per heavy atom. The van der Waals surface area contributed by atoms with Crippen molar-refractivity contribution in [2.24, 2.45) is 0 Å². The summed E-state index contributed by atoms with van der Waals surface area (Å²) in [6.45, 7) is 6.40. The number of carbonyl (C=O) groups excluding carboxylic acids is 1. The third-order valence-electron chi connectivity index (χ3n) is 3.72. The van der Waals surface area contributed by atoms with E-state index in [1.165, 1.54) is 9.71 Å². The maximum Gasteiger partial charge on any atom is 0.222 e. The zero-order chi connectivity index (χ0) is 13.9. The van der Waals surface area contributed by atoms with Crippen LogP contribution in [0.2, 0.25) is 0 Å². The maximum atomic E-state index is 11.6. The summed E-state index contributed by atoms with van der Waals surface area (Å²) >= 11 is 1.77. The predicted molar refractivity (Wildman–Crippen MR) is 81.8 cm³/mol. The Morgan fingerprint density at radius 3 is 2.70 bits per heavy atom. The van der Waals surface area contributed by atoms with E-state index in [-0.39, 0.29) is 5.91 Å². The lowest BCUT2D eigenvalue weighted by atomic mass is 10.3. The summed E-state index contributed by atoms with van der Waals surface area (Å²) in [4.78, 5) is 20.7. The summed E-state index contributed by atoms with van der Waals surface area (Å²) < 4.78 is 1.25. The number of para-hydroxylation sites is 1. The normalized spacial score (nSPS) is 16.8. The van der Waals surface area contributed by atoms with E-state index < -0.39 is 0 Å². The van der Waals surface area contributed by atoms with Crippen LogP contribution in [0.5, 0.6) is 0 Å². The van der Waals surface area contributed by atoms with Crippen molar-refractivity contribution in [3.63, 3.8) is 0 Å². The first-order chi connectivity index (χ1) is 9.76. The molecule has 2 heterocycles. The molecule has 0 atom stereocenters. The van der Waals surface area contributed by atoms with Crippen molar-refractivity contribution in [3.05, 3.63) is 29.3 Å². The van der Waals surface area contributed by atoms with Crippen molar-refractivity contribution in [1.82, 2.24) is 14.8 Å². The molecule has 0 bridgehead atoms. The van der Waals surface area contributed by atoms with Gasteiger partial charge < -0.3 is 4.90 Å². The van der Waals surface area contributed by atoms with Crippen LogP contribution in [0.1, 0.15) is 18.4 Å². The van der Waals surface area contributed by atoms with E-state index >= 15 is 0 Å². The van der Waals surface area contributed by atoms with Crippen LogP contribution >= 0.6 is 11.3 Å². The summed E-state index contributed by atoms with van der Waals surface area (Å²) in [6.07, 6.45) is 0.609. The van der Waals surface area contributed by atoms with E-state index in [4.69, 9.17) is 0 Å². The molecule has 1 aliphatic heterocycles. The number of carbonyl (C=O) groups is 1. The van der Waals surface area contributed by atoms with Crippen molar-refractivity contribution in [2.75, 3.05) is 26.2 Å². The molecule has 1 saturated heterocycles. The Balaban J connectivity index is 1.60. The smallest absolute Gasteiger partial charge is 0.222 e. The lowest BCUT2D eigenvalue weighted by Gasteiger charge is -2.34. The average molecular weight is 289 g/mol. The lowest BCUT2D eigenvalue weighted by Crippen LogP contribution is -2.48. The average Bonchev–Trinajstić information content (AvgIpc) is 2.89. The molecule has 0 radical (unpaired) electrons. The van der Waals surface area contributed by atoms with Gasteiger partial charge in [-0.2, -0.15) is 0 Å². The number of hydrogen-bond acceptors (Lipinski definition) is 4. The monoisotopic (exact) mass is 289 g/mol. The molecule has 20 heavy (non-hydrogen) atoms. The van der Waals surface area contributed by atoms with Gasteiger partial charge in [-0.1, -0.05) is 19.1 Å². The van der Waals surface area contributed by atoms with Crippen LogP contribution in [-0.2, 0) is 11.3 Å². The molecule has 0 spiro atoms. The SMILES string of the molecule is CCC(=O)N1CCN(Cc2nc3ccccc3s2)CC1. The highest BCUT2D eigenvalue weighted by molar-refractivity contribution is 7.18. The van der Waals surface area contributed by atoms with Crippen molar-refractivity contribution >= 4 is 27.5 Å². The number of aromatic nitrogens is 1. The van der Waals surface area contributed by atoms with Crippen molar-refractivity contribution in [1.29, 1.82) is 0 Å². The molecule has 1 aliphatic rings. The fourth-order valence-electron chi connectivity index (χ4n) is 2.56. The molecule has 1 fully saturated rings. The van der Waals surface area contributed by atoms with E-state index in [1.807, 2.05) is 17.9 Å². The summed E-state index contributed by atoms with van der Waals surface area (Å²) in [5, 5.41) is 1.17. The first-order valence-corrected chi connectivity index (χ1v) is 7.92. The predicted octanol–water partition coefficient (Wildman–Crippen LogP) is 2.35. The molecule has 5 heteroatoms. The van der Waals surface area contributed by atoms with E-state index in [1.54, 1.807) is 11.3 Å². The highest BCUT2D eigenvalue weighted by Gasteiger charge is 2.20. The third-order valence-corrected chi connectivity index (χ3v) is 4.75. The number of fused-ring (bicyclic) bond motifs is 1. The second-order valence-corrected chi connectivity index (χ2v) is 6.20. The van der Waals surface area contributed by atoms with Gasteiger partial charge in [-0.3, -0.25) is 9.69 Å². The molecule has 0 saturated carbocycles. The van der Waals surface area contributed by atoms with Crippen molar-refractivity contribution in [2.45, 2.75) is 19.9 Å². The topological polar surface area (TPSA) is 36.4 Å². The van der Waals surface area contributed by atoms with Crippen LogP contribution in [0.4, 0.5) is 0 Å². The first-order valence-electron chi connectivity index (χ1n) is 7.11. The Hall–Kier alpha value is -1.46. The molecule has 0 unspecified atom stereocenters. The van der Waals surface area contributed by atoms with Gasteiger partial charge in [-0.15, -0.1) is 11.3 Å². The van der Waals surface area contributed by atoms with Crippen LogP contribution in [0.15, 0.2) is 24.3 Å². The van der Waals surface area contributed by atoms with Gasteiger partial charge in [-0.05, 0) is 12.1 Å². The number of rotatable bonds is 3. The lowest BCUT2D eigenvalue weighted by molar-refractivity contribution is -0.132. The van der Waals surface area contributed by atoms with Crippen LogP contribution in [-0.4, -0.2) is 46.9 Å². The molecule has 2 aromatic rings. The van der Waals surface area contributed by atoms with Gasteiger partial charge in [0.25, 0.3) is 0 Å². The third kappa shape index (κ3) is 2.83. The Kier molecular flexibility index (Phi) is 3.98. The Bertz CT molecular complexity index is 569. The number of nitrogens with zero attached hydrogens (tertiary/aromatic N) is 3. The van der Waals surface area contributed by atoms with Gasteiger partial charge in [-0.25, -0.2) is 4.98 Å². The van der Waals surface area contributed by atoms with Crippen LogP contribution in [0.3, 0.4) is 0 Å². The van der Waals surface area contributed by atoms with Crippen molar-refractivity contribution < 1.29 is 4.79 Å². The Morgan fingerprint density at radius 2 is 2.00 bits per heavy atom. The highest BCUT2D eigenvalue weighted by Crippen LogP contribution is 2.22. The minimum Gasteiger partial charge on any atom is -0.340 e.